The van der Waals surface area contributed by atoms with Crippen LogP contribution in [0.15, 0.2) is 60.1 Å². The Morgan fingerprint density at radius 1 is 0.979 bits per heavy atom. The molecule has 0 atom stereocenters. The number of thiazole rings is 1. The van der Waals surface area contributed by atoms with Gasteiger partial charge in [0, 0.05) is 24.0 Å². The number of phenols is 1. The number of phenolic OH excluding ortho intramolecular Hbond substituents is 1. The minimum atomic E-state index is -0.637. The number of likely N-dealkylation sites (tertiary alicyclic amines) is 1. The van der Waals surface area contributed by atoms with Crippen LogP contribution >= 0.6 is 11.3 Å². The molecule has 2 aromatic heterocycles. The highest BCUT2D eigenvalue weighted by Gasteiger charge is 2.26. The van der Waals surface area contributed by atoms with Crippen LogP contribution in [-0.4, -0.2) is 57.0 Å². The normalized spacial score (nSPS) is 18.7. The number of rotatable bonds is 9. The number of carbonyl (C=O) groups is 2. The third-order valence-corrected chi connectivity index (χ3v) is 9.63. The van der Waals surface area contributed by atoms with Crippen LogP contribution in [0, 0.1) is 12.7 Å². The third kappa shape index (κ3) is 8.52. The predicted molar refractivity (Wildman–Crippen MR) is 179 cm³/mol. The fraction of sp³-hybridized carbons (Fsp3) is 0.389. The molecule has 2 aliphatic rings. The number of aromatic nitrogens is 2. The number of halogens is 1. The minimum Gasteiger partial charge on any atom is -0.508 e. The van der Waals surface area contributed by atoms with Gasteiger partial charge in [0.05, 0.1) is 11.2 Å². The van der Waals surface area contributed by atoms with Crippen LogP contribution < -0.4 is 15.4 Å². The van der Waals surface area contributed by atoms with Crippen LogP contribution in [-0.2, 0) is 6.54 Å². The van der Waals surface area contributed by atoms with E-state index in [1.807, 2.05) is 37.3 Å². The van der Waals surface area contributed by atoms with Gasteiger partial charge in [0.25, 0.3) is 11.8 Å². The summed E-state index contributed by atoms with van der Waals surface area (Å²) in [7, 11) is 0. The predicted octanol–water partition coefficient (Wildman–Crippen LogP) is 7.00. The number of amides is 2. The van der Waals surface area contributed by atoms with Gasteiger partial charge in [-0.05, 0) is 106 Å². The second-order valence-electron chi connectivity index (χ2n) is 12.4. The van der Waals surface area contributed by atoms with E-state index in [-0.39, 0.29) is 35.2 Å². The summed E-state index contributed by atoms with van der Waals surface area (Å²) >= 11 is 1.44. The lowest BCUT2D eigenvalue weighted by molar-refractivity contribution is 0.0888. The van der Waals surface area contributed by atoms with Crippen molar-refractivity contribution in [1.82, 2.24) is 25.5 Å². The van der Waals surface area contributed by atoms with Crippen molar-refractivity contribution >= 4 is 23.2 Å². The molecule has 4 aromatic rings. The Labute approximate surface area is 278 Å². The maximum absolute atomic E-state index is 14.4. The Morgan fingerprint density at radius 3 is 2.40 bits per heavy atom. The van der Waals surface area contributed by atoms with Gasteiger partial charge in [-0.15, -0.1) is 11.3 Å². The van der Waals surface area contributed by atoms with Gasteiger partial charge in [-0.25, -0.2) is 14.4 Å². The maximum atomic E-state index is 14.4. The lowest BCUT2D eigenvalue weighted by Crippen LogP contribution is -2.44. The average molecular weight is 658 g/mol. The van der Waals surface area contributed by atoms with E-state index < -0.39 is 11.7 Å². The van der Waals surface area contributed by atoms with Crippen LogP contribution in [0.25, 0.3) is 11.1 Å². The Bertz CT molecular complexity index is 1710. The van der Waals surface area contributed by atoms with Crippen LogP contribution in [0.2, 0.25) is 0 Å². The fourth-order valence-corrected chi connectivity index (χ4v) is 7.00. The van der Waals surface area contributed by atoms with Gasteiger partial charge in [0.15, 0.2) is 0 Å². The number of hydrogen-bond donors (Lipinski definition) is 3. The van der Waals surface area contributed by atoms with E-state index in [4.69, 9.17) is 4.74 Å². The summed E-state index contributed by atoms with van der Waals surface area (Å²) < 4.78 is 20.5. The lowest BCUT2D eigenvalue weighted by atomic mass is 9.91. The van der Waals surface area contributed by atoms with Gasteiger partial charge in [-0.3, -0.25) is 14.5 Å². The van der Waals surface area contributed by atoms with Crippen LogP contribution in [0.4, 0.5) is 4.39 Å². The summed E-state index contributed by atoms with van der Waals surface area (Å²) in [5.41, 5.74) is 3.34. The highest BCUT2D eigenvalue weighted by molar-refractivity contribution is 7.09. The molecule has 2 amide bonds. The first-order chi connectivity index (χ1) is 22.8. The van der Waals surface area contributed by atoms with Gasteiger partial charge in [-0.1, -0.05) is 31.0 Å². The third-order valence-electron chi connectivity index (χ3n) is 8.85. The maximum Gasteiger partial charge on any atom is 0.270 e. The molecule has 0 bridgehead atoms. The van der Waals surface area contributed by atoms with Gasteiger partial charge < -0.3 is 20.5 Å². The zero-order chi connectivity index (χ0) is 32.8. The number of pyridine rings is 1. The van der Waals surface area contributed by atoms with E-state index in [1.165, 1.54) is 37.0 Å². The van der Waals surface area contributed by atoms with Crippen molar-refractivity contribution < 1.29 is 23.8 Å². The van der Waals surface area contributed by atoms with Crippen LogP contribution in [0.3, 0.4) is 0 Å². The Morgan fingerprint density at radius 2 is 1.70 bits per heavy atom. The zero-order valence-electron chi connectivity index (χ0n) is 26.5. The minimum absolute atomic E-state index is 0.00174. The summed E-state index contributed by atoms with van der Waals surface area (Å²) in [6.07, 6.45) is 8.61. The molecule has 1 saturated carbocycles. The van der Waals surface area contributed by atoms with Gasteiger partial charge in [-0.2, -0.15) is 0 Å². The molecule has 11 heteroatoms. The topological polar surface area (TPSA) is 117 Å². The highest BCUT2D eigenvalue weighted by atomic mass is 32.1. The van der Waals surface area contributed by atoms with E-state index in [9.17, 15) is 19.1 Å². The van der Waals surface area contributed by atoms with Crippen molar-refractivity contribution in [1.29, 1.82) is 0 Å². The van der Waals surface area contributed by atoms with E-state index in [1.54, 1.807) is 17.5 Å². The number of nitrogens with one attached hydrogen (secondary N) is 2. The average Bonchev–Trinajstić information content (AvgIpc) is 3.34. The smallest absolute Gasteiger partial charge is 0.270 e. The first kappa shape index (κ1) is 32.6. The molecule has 9 nitrogen and oxygen atoms in total. The van der Waals surface area contributed by atoms with Crippen molar-refractivity contribution in [2.24, 2.45) is 0 Å². The number of ether oxygens (including phenoxy) is 1. The number of aromatic hydroxyl groups is 1. The molecule has 1 aliphatic carbocycles. The van der Waals surface area contributed by atoms with E-state index in [0.29, 0.717) is 37.1 Å². The molecule has 0 spiro atoms. The lowest BCUT2D eigenvalue weighted by Gasteiger charge is -2.29. The molecular formula is C36H40FN5O4S. The molecule has 3 heterocycles. The van der Waals surface area contributed by atoms with Gasteiger partial charge >= 0.3 is 0 Å². The Kier molecular flexibility index (Phi) is 10.4. The molecule has 47 heavy (non-hydrogen) atoms. The molecule has 0 unspecified atom stereocenters. The molecule has 1 aliphatic heterocycles. The molecule has 2 fully saturated rings. The van der Waals surface area contributed by atoms with E-state index in [0.717, 1.165) is 53.6 Å². The highest BCUT2D eigenvalue weighted by Crippen LogP contribution is 2.33. The molecule has 2 aromatic carbocycles. The number of benzene rings is 2. The van der Waals surface area contributed by atoms with Crippen molar-refractivity contribution in [2.75, 3.05) is 13.1 Å². The van der Waals surface area contributed by atoms with Crippen molar-refractivity contribution in [3.05, 3.63) is 87.8 Å². The second kappa shape index (κ2) is 15.0. The van der Waals surface area contributed by atoms with Crippen LogP contribution in [0.5, 0.6) is 17.4 Å². The quantitative estimate of drug-likeness (QED) is 0.178. The Balaban J connectivity index is 1.12. The number of hydrogen-bond acceptors (Lipinski definition) is 8. The largest absolute Gasteiger partial charge is 0.508 e. The van der Waals surface area contributed by atoms with Crippen molar-refractivity contribution in [3.63, 3.8) is 0 Å². The zero-order valence-corrected chi connectivity index (χ0v) is 27.3. The molecular weight excluding hydrogens is 617 g/mol. The first-order valence-electron chi connectivity index (χ1n) is 16.3. The summed E-state index contributed by atoms with van der Waals surface area (Å²) in [5.74, 6) is -0.597. The molecule has 3 N–H and O–H groups in total. The van der Waals surface area contributed by atoms with E-state index in [2.05, 4.69) is 25.5 Å². The van der Waals surface area contributed by atoms with Crippen molar-refractivity contribution in [3.8, 4) is 28.5 Å². The summed E-state index contributed by atoms with van der Waals surface area (Å²) in [4.78, 5) is 36.7. The second-order valence-corrected chi connectivity index (χ2v) is 13.5. The van der Waals surface area contributed by atoms with Crippen molar-refractivity contribution in [2.45, 2.75) is 76.9 Å². The van der Waals surface area contributed by atoms with E-state index >= 15 is 0 Å². The summed E-state index contributed by atoms with van der Waals surface area (Å²) in [6, 6.07) is 13.9. The monoisotopic (exact) mass is 657 g/mol. The molecule has 1 saturated heterocycles. The Hall–Kier alpha value is -4.35. The molecule has 6 rings (SSSR count). The molecule has 0 radical (unpaired) electrons. The van der Waals surface area contributed by atoms with Crippen LogP contribution in [0.1, 0.15) is 82.8 Å². The SMILES string of the molecule is Cc1nc(C(=O)N[C@H]2CC[C@H](NC(=O)c3cc(F)cnc3Oc3cccc(-c4ccc(O)cc4CN4CCCCCC4)c3)CC2)cs1. The fourth-order valence-electron chi connectivity index (χ4n) is 6.41. The number of nitrogens with zero attached hydrogens (tertiary/aromatic N) is 3. The summed E-state index contributed by atoms with van der Waals surface area (Å²) in [6.45, 7) is 4.66. The molecule has 246 valence electrons. The number of carbonyl (C=O) groups excluding carboxylic acids is 2. The number of aryl methyl sites for hydroxylation is 1. The first-order valence-corrected chi connectivity index (χ1v) is 17.2. The standard InChI is InChI=1S/C36H40FN5O4S/c1-23-39-33(22-47-23)35(45)41-28-11-9-27(10-12-28)40-34(44)32-19-26(37)20-38-36(32)46-30-8-6-7-24(18-30)31-14-13-29(43)17-25(31)21-42-15-4-2-3-5-16-42/h6-8,13-14,17-20,22,27-28,43H,2-5,9-12,15-16,21H2,1H3,(H,40,44)(H,41,45)/t27-,28-. The summed E-state index contributed by atoms with van der Waals surface area (Å²) in [5, 5.41) is 18.9. The van der Waals surface area contributed by atoms with Gasteiger partial charge in [0.2, 0.25) is 5.88 Å². The van der Waals surface area contributed by atoms with Gasteiger partial charge in [0.1, 0.15) is 28.6 Å².